The van der Waals surface area contributed by atoms with Crippen LogP contribution in [0.5, 0.6) is 0 Å². The number of hydrogen-bond acceptors (Lipinski definition) is 3. The van der Waals surface area contributed by atoms with Crippen molar-refractivity contribution in [1.29, 1.82) is 0 Å². The summed E-state index contributed by atoms with van der Waals surface area (Å²) in [4.78, 5) is 12.1. The normalized spacial score (nSPS) is 19.8. The van der Waals surface area contributed by atoms with E-state index in [1.807, 2.05) is 30.3 Å². The van der Waals surface area contributed by atoms with Crippen molar-refractivity contribution in [3.8, 4) is 0 Å². The minimum atomic E-state index is -3.16. The molecular formula is C13H20N3O3P. The van der Waals surface area contributed by atoms with Crippen LogP contribution in [0, 0.1) is 0 Å². The van der Waals surface area contributed by atoms with E-state index in [2.05, 4.69) is 0 Å². The molecule has 2 rings (SSSR count). The quantitative estimate of drug-likeness (QED) is 0.799. The van der Waals surface area contributed by atoms with E-state index < -0.39 is 13.7 Å². The van der Waals surface area contributed by atoms with Crippen molar-refractivity contribution >= 4 is 13.7 Å². The summed E-state index contributed by atoms with van der Waals surface area (Å²) in [5.41, 5.74) is 0.919. The first kappa shape index (κ1) is 15.0. The summed E-state index contributed by atoms with van der Waals surface area (Å²) >= 11 is 0. The summed E-state index contributed by atoms with van der Waals surface area (Å²) in [6, 6.07) is 9.19. The van der Waals surface area contributed by atoms with Crippen LogP contribution in [-0.4, -0.2) is 54.9 Å². The molecule has 1 atom stereocenters. The van der Waals surface area contributed by atoms with E-state index in [0.717, 1.165) is 5.56 Å². The molecule has 0 saturated carbocycles. The molecule has 1 aromatic rings. The van der Waals surface area contributed by atoms with Crippen molar-refractivity contribution in [2.75, 3.05) is 34.8 Å². The first-order valence-electron chi connectivity index (χ1n) is 6.36. The van der Waals surface area contributed by atoms with Crippen molar-refractivity contribution in [1.82, 2.24) is 14.0 Å². The van der Waals surface area contributed by atoms with E-state index in [0.29, 0.717) is 0 Å². The maximum Gasteiger partial charge on any atom is 0.418 e. The SMILES string of the molecule is CN(C)P(=O)(N(C)C)N1C(=O)OC[C@@H]1c1ccccc1. The van der Waals surface area contributed by atoms with E-state index in [4.69, 9.17) is 4.74 Å². The zero-order valence-corrected chi connectivity index (χ0v) is 13.1. The number of ether oxygens (including phenoxy) is 1. The van der Waals surface area contributed by atoms with Gasteiger partial charge in [0, 0.05) is 0 Å². The number of carbonyl (C=O) groups excluding carboxylic acids is 1. The molecular weight excluding hydrogens is 277 g/mol. The van der Waals surface area contributed by atoms with Gasteiger partial charge in [0.05, 0.1) is 0 Å². The Morgan fingerprint density at radius 1 is 1.15 bits per heavy atom. The molecule has 0 bridgehead atoms. The third-order valence-corrected chi connectivity index (χ3v) is 6.44. The molecule has 20 heavy (non-hydrogen) atoms. The summed E-state index contributed by atoms with van der Waals surface area (Å²) in [6.45, 7) is 0.217. The number of cyclic esters (lactones) is 1. The van der Waals surface area contributed by atoms with Crippen molar-refractivity contribution in [2.45, 2.75) is 6.04 Å². The zero-order chi connectivity index (χ0) is 14.9. The molecule has 0 aromatic heterocycles. The van der Waals surface area contributed by atoms with Crippen LogP contribution in [0.2, 0.25) is 0 Å². The van der Waals surface area contributed by atoms with Crippen LogP contribution in [0.25, 0.3) is 0 Å². The fraction of sp³-hybridized carbons (Fsp3) is 0.462. The van der Waals surface area contributed by atoms with Gasteiger partial charge in [0.1, 0.15) is 12.6 Å². The largest absolute Gasteiger partial charge is 0.447 e. The molecule has 0 aliphatic carbocycles. The molecule has 6 nitrogen and oxygen atoms in total. The van der Waals surface area contributed by atoms with Crippen LogP contribution in [0.1, 0.15) is 11.6 Å². The van der Waals surface area contributed by atoms with Gasteiger partial charge in [-0.25, -0.2) is 18.8 Å². The van der Waals surface area contributed by atoms with Crippen molar-refractivity contribution in [3.05, 3.63) is 35.9 Å². The molecule has 0 N–H and O–H groups in total. The van der Waals surface area contributed by atoms with Crippen molar-refractivity contribution in [2.24, 2.45) is 0 Å². The lowest BCUT2D eigenvalue weighted by atomic mass is 10.1. The lowest BCUT2D eigenvalue weighted by Gasteiger charge is -2.38. The zero-order valence-electron chi connectivity index (χ0n) is 12.2. The van der Waals surface area contributed by atoms with Crippen LogP contribution in [-0.2, 0) is 9.30 Å². The maximum atomic E-state index is 13.3. The topological polar surface area (TPSA) is 53.1 Å². The Morgan fingerprint density at radius 2 is 1.70 bits per heavy atom. The molecule has 0 spiro atoms. The van der Waals surface area contributed by atoms with Gasteiger partial charge in [0.2, 0.25) is 0 Å². The number of benzene rings is 1. The van der Waals surface area contributed by atoms with E-state index in [1.54, 1.807) is 37.5 Å². The molecule has 1 heterocycles. The van der Waals surface area contributed by atoms with Crippen LogP contribution in [0.3, 0.4) is 0 Å². The molecule has 7 heteroatoms. The molecule has 1 aliphatic heterocycles. The van der Waals surface area contributed by atoms with Crippen LogP contribution in [0.4, 0.5) is 4.79 Å². The second-order valence-electron chi connectivity index (χ2n) is 5.06. The molecule has 110 valence electrons. The minimum Gasteiger partial charge on any atom is -0.447 e. The highest BCUT2D eigenvalue weighted by Gasteiger charge is 2.48. The molecule has 0 unspecified atom stereocenters. The lowest BCUT2D eigenvalue weighted by molar-refractivity contribution is 0.167. The molecule has 1 amide bonds. The highest BCUT2D eigenvalue weighted by Crippen LogP contribution is 2.58. The van der Waals surface area contributed by atoms with Gasteiger partial charge < -0.3 is 4.74 Å². The molecule has 1 aromatic carbocycles. The average Bonchev–Trinajstić information content (AvgIpc) is 2.80. The summed E-state index contributed by atoms with van der Waals surface area (Å²) in [6.07, 6.45) is -0.537. The minimum absolute atomic E-state index is 0.217. The van der Waals surface area contributed by atoms with Gasteiger partial charge in [0.25, 0.3) is 0 Å². The van der Waals surface area contributed by atoms with Gasteiger partial charge in [-0.3, -0.25) is 4.57 Å². The van der Waals surface area contributed by atoms with Crippen LogP contribution >= 0.6 is 7.59 Å². The second kappa shape index (κ2) is 5.56. The number of hydrogen-bond donors (Lipinski definition) is 0. The summed E-state index contributed by atoms with van der Waals surface area (Å²) in [5.74, 6) is 0. The maximum absolute atomic E-state index is 13.3. The Labute approximate surface area is 119 Å². The number of carbonyl (C=O) groups is 1. The monoisotopic (exact) mass is 297 g/mol. The van der Waals surface area contributed by atoms with Gasteiger partial charge in [-0.15, -0.1) is 0 Å². The van der Waals surface area contributed by atoms with Gasteiger partial charge >= 0.3 is 13.7 Å². The van der Waals surface area contributed by atoms with Crippen LogP contribution in [0.15, 0.2) is 30.3 Å². The Hall–Kier alpha value is -1.36. The Bertz CT molecular complexity index is 521. The highest BCUT2D eigenvalue weighted by atomic mass is 31.2. The second-order valence-corrected chi connectivity index (χ2v) is 8.11. The Kier molecular flexibility index (Phi) is 4.18. The predicted molar refractivity (Wildman–Crippen MR) is 77.4 cm³/mol. The average molecular weight is 297 g/mol. The van der Waals surface area contributed by atoms with E-state index in [-0.39, 0.29) is 12.6 Å². The standard InChI is InChI=1S/C13H20N3O3P/c1-14(2)20(18,15(3)4)16-12(10-19-13(16)17)11-8-6-5-7-9-11/h5-9,12H,10H2,1-4H3/t12-/m1/s1. The van der Waals surface area contributed by atoms with E-state index >= 15 is 0 Å². The van der Waals surface area contributed by atoms with Crippen molar-refractivity contribution in [3.63, 3.8) is 0 Å². The summed E-state index contributed by atoms with van der Waals surface area (Å²) in [5, 5.41) is 0. The number of nitrogens with zero attached hydrogens (tertiary/aromatic N) is 3. The van der Waals surface area contributed by atoms with Gasteiger partial charge in [0.15, 0.2) is 0 Å². The lowest BCUT2D eigenvalue weighted by Crippen LogP contribution is -2.36. The molecule has 0 radical (unpaired) electrons. The van der Waals surface area contributed by atoms with Crippen molar-refractivity contribution < 1.29 is 14.1 Å². The van der Waals surface area contributed by atoms with Gasteiger partial charge in [-0.05, 0) is 33.8 Å². The molecule has 1 aliphatic rings. The summed E-state index contributed by atoms with van der Waals surface area (Å²) < 4.78 is 22.9. The predicted octanol–water partition coefficient (Wildman–Crippen LogP) is 2.41. The molecule has 1 saturated heterocycles. The number of amides is 1. The molecule has 1 fully saturated rings. The fourth-order valence-electron chi connectivity index (χ4n) is 2.36. The van der Waals surface area contributed by atoms with Gasteiger partial charge in [-0.1, -0.05) is 30.3 Å². The van der Waals surface area contributed by atoms with E-state index in [1.165, 1.54) is 4.67 Å². The Morgan fingerprint density at radius 3 is 2.20 bits per heavy atom. The van der Waals surface area contributed by atoms with E-state index in [9.17, 15) is 9.36 Å². The van der Waals surface area contributed by atoms with Gasteiger partial charge in [-0.2, -0.15) is 0 Å². The van der Waals surface area contributed by atoms with Crippen LogP contribution < -0.4 is 0 Å². The fourth-order valence-corrected chi connectivity index (χ4v) is 4.68. The number of rotatable bonds is 4. The highest BCUT2D eigenvalue weighted by molar-refractivity contribution is 7.57. The first-order chi connectivity index (χ1) is 9.39. The third-order valence-electron chi connectivity index (χ3n) is 3.35. The third kappa shape index (κ3) is 2.35. The summed E-state index contributed by atoms with van der Waals surface area (Å²) in [7, 11) is 3.65. The Balaban J connectivity index is 2.46. The smallest absolute Gasteiger partial charge is 0.418 e. The first-order valence-corrected chi connectivity index (χ1v) is 7.92.